The summed E-state index contributed by atoms with van der Waals surface area (Å²) in [6, 6.07) is 14.6. The lowest BCUT2D eigenvalue weighted by atomic mass is 10.1. The van der Waals surface area contributed by atoms with Gasteiger partial charge in [-0.25, -0.2) is 9.59 Å². The summed E-state index contributed by atoms with van der Waals surface area (Å²) in [4.78, 5) is 23.2. The molecule has 2 aromatic carbocycles. The van der Waals surface area contributed by atoms with Gasteiger partial charge < -0.3 is 14.2 Å². The van der Waals surface area contributed by atoms with Crippen molar-refractivity contribution in [1.82, 2.24) is 0 Å². The van der Waals surface area contributed by atoms with Gasteiger partial charge in [0, 0.05) is 6.08 Å². The van der Waals surface area contributed by atoms with Crippen LogP contribution in [0, 0.1) is 0 Å². The maximum absolute atomic E-state index is 12.3. The third-order valence-corrected chi connectivity index (χ3v) is 4.48. The quantitative estimate of drug-likeness (QED) is 0.188. The highest BCUT2D eigenvalue weighted by Gasteiger charge is 2.08. The minimum Gasteiger partial charge on any atom is -0.494 e. The van der Waals surface area contributed by atoms with E-state index in [1.807, 2.05) is 12.1 Å². The lowest BCUT2D eigenvalue weighted by Crippen LogP contribution is -2.08. The Hall–Kier alpha value is -3.08. The van der Waals surface area contributed by atoms with Gasteiger partial charge in [0.15, 0.2) is 0 Å². The van der Waals surface area contributed by atoms with Crippen molar-refractivity contribution in [3.05, 3.63) is 72.3 Å². The Bertz CT molecular complexity index is 793. The van der Waals surface area contributed by atoms with Gasteiger partial charge in [-0.2, -0.15) is 0 Å². The predicted octanol–water partition coefficient (Wildman–Crippen LogP) is 5.53. The number of unbranched alkanes of at least 4 members (excludes halogenated alkanes) is 3. The van der Waals surface area contributed by atoms with Crippen LogP contribution in [0.5, 0.6) is 11.5 Å². The van der Waals surface area contributed by atoms with Gasteiger partial charge >= 0.3 is 11.9 Å². The first-order valence-corrected chi connectivity index (χ1v) is 10.5. The number of rotatable bonds is 13. The smallest absolute Gasteiger partial charge is 0.343 e. The number of hydrogen-bond donors (Lipinski definition) is 0. The van der Waals surface area contributed by atoms with Crippen LogP contribution < -0.4 is 9.47 Å². The van der Waals surface area contributed by atoms with E-state index in [9.17, 15) is 9.59 Å². The van der Waals surface area contributed by atoms with Crippen molar-refractivity contribution < 1.29 is 23.8 Å². The molecule has 160 valence electrons. The first-order chi connectivity index (χ1) is 14.6. The third kappa shape index (κ3) is 8.52. The van der Waals surface area contributed by atoms with Crippen LogP contribution in [0.25, 0.3) is 0 Å². The Kier molecular flexibility index (Phi) is 10.2. The molecule has 0 aliphatic heterocycles. The van der Waals surface area contributed by atoms with E-state index in [4.69, 9.17) is 14.2 Å². The molecule has 0 aromatic heterocycles. The van der Waals surface area contributed by atoms with Crippen molar-refractivity contribution in [2.75, 3.05) is 13.2 Å². The summed E-state index contributed by atoms with van der Waals surface area (Å²) in [5, 5.41) is 0. The fourth-order valence-electron chi connectivity index (χ4n) is 2.85. The average Bonchev–Trinajstić information content (AvgIpc) is 2.77. The Labute approximate surface area is 178 Å². The Morgan fingerprint density at radius 3 is 2.13 bits per heavy atom. The van der Waals surface area contributed by atoms with E-state index in [1.54, 1.807) is 36.4 Å². The molecule has 0 spiro atoms. The summed E-state index contributed by atoms with van der Waals surface area (Å²) in [6.07, 6.45) is 6.97. The first-order valence-electron chi connectivity index (χ1n) is 10.5. The van der Waals surface area contributed by atoms with Crippen molar-refractivity contribution in [1.29, 1.82) is 0 Å². The highest BCUT2D eigenvalue weighted by molar-refractivity contribution is 5.91. The standard InChI is InChI=1S/C25H30O5/c1-3-9-20-10-12-21(13-11-20)25(27)30-23-16-14-22(15-17-23)28-18-7-5-6-8-19-29-24(26)4-2/h4,10-17H,2-3,5-9,18-19H2,1H3. The molecule has 0 saturated heterocycles. The second-order valence-electron chi connectivity index (χ2n) is 6.94. The lowest BCUT2D eigenvalue weighted by Gasteiger charge is -2.08. The van der Waals surface area contributed by atoms with Crippen molar-refractivity contribution in [3.8, 4) is 11.5 Å². The molecule has 0 fully saturated rings. The number of aryl methyl sites for hydroxylation is 1. The van der Waals surface area contributed by atoms with Crippen LogP contribution in [0.15, 0.2) is 61.2 Å². The van der Waals surface area contributed by atoms with E-state index in [0.717, 1.165) is 44.3 Å². The lowest BCUT2D eigenvalue weighted by molar-refractivity contribution is -0.137. The Morgan fingerprint density at radius 2 is 1.50 bits per heavy atom. The van der Waals surface area contributed by atoms with Gasteiger partial charge in [0.1, 0.15) is 11.5 Å². The van der Waals surface area contributed by atoms with E-state index in [2.05, 4.69) is 13.5 Å². The van der Waals surface area contributed by atoms with Crippen LogP contribution >= 0.6 is 0 Å². The summed E-state index contributed by atoms with van der Waals surface area (Å²) < 4.78 is 16.1. The summed E-state index contributed by atoms with van der Waals surface area (Å²) in [5.41, 5.74) is 1.75. The molecule has 0 unspecified atom stereocenters. The van der Waals surface area contributed by atoms with Gasteiger partial charge in [-0.15, -0.1) is 0 Å². The highest BCUT2D eigenvalue weighted by Crippen LogP contribution is 2.19. The van der Waals surface area contributed by atoms with Gasteiger partial charge in [-0.3, -0.25) is 0 Å². The maximum atomic E-state index is 12.3. The highest BCUT2D eigenvalue weighted by atomic mass is 16.5. The number of carbonyl (C=O) groups excluding carboxylic acids is 2. The SMILES string of the molecule is C=CC(=O)OCCCCCCOc1ccc(OC(=O)c2ccc(CCC)cc2)cc1. The fraction of sp³-hybridized carbons (Fsp3) is 0.360. The molecule has 5 nitrogen and oxygen atoms in total. The number of ether oxygens (including phenoxy) is 3. The summed E-state index contributed by atoms with van der Waals surface area (Å²) in [5.74, 6) is 0.473. The second-order valence-corrected chi connectivity index (χ2v) is 6.94. The third-order valence-electron chi connectivity index (χ3n) is 4.48. The molecule has 0 bridgehead atoms. The molecule has 0 radical (unpaired) electrons. The molecule has 0 aliphatic rings. The minimum atomic E-state index is -0.377. The topological polar surface area (TPSA) is 61.8 Å². The monoisotopic (exact) mass is 410 g/mol. The van der Waals surface area contributed by atoms with Crippen LogP contribution in [0.2, 0.25) is 0 Å². The Morgan fingerprint density at radius 1 is 0.867 bits per heavy atom. The molecule has 0 heterocycles. The van der Waals surface area contributed by atoms with Gasteiger partial charge in [-0.1, -0.05) is 32.1 Å². The molecule has 2 rings (SSSR count). The predicted molar refractivity (Wildman–Crippen MR) is 117 cm³/mol. The van der Waals surface area contributed by atoms with Gasteiger partial charge in [0.05, 0.1) is 18.8 Å². The molecule has 2 aromatic rings. The van der Waals surface area contributed by atoms with E-state index >= 15 is 0 Å². The van der Waals surface area contributed by atoms with E-state index in [1.165, 1.54) is 11.6 Å². The molecule has 0 saturated carbocycles. The summed E-state index contributed by atoms with van der Waals surface area (Å²) in [7, 11) is 0. The average molecular weight is 411 g/mol. The number of hydrogen-bond acceptors (Lipinski definition) is 5. The van der Waals surface area contributed by atoms with Crippen molar-refractivity contribution >= 4 is 11.9 Å². The van der Waals surface area contributed by atoms with Gasteiger partial charge in [0.25, 0.3) is 0 Å². The van der Waals surface area contributed by atoms with Crippen molar-refractivity contribution in [3.63, 3.8) is 0 Å². The normalized spacial score (nSPS) is 10.3. The Balaban J connectivity index is 1.65. The first kappa shape index (κ1) is 23.2. The second kappa shape index (κ2) is 13.2. The molecule has 0 aliphatic carbocycles. The molecule has 0 N–H and O–H groups in total. The fourth-order valence-corrected chi connectivity index (χ4v) is 2.85. The minimum absolute atomic E-state index is 0.370. The number of esters is 2. The van der Waals surface area contributed by atoms with Gasteiger partial charge in [-0.05, 0) is 74.1 Å². The zero-order valence-electron chi connectivity index (χ0n) is 17.6. The maximum Gasteiger partial charge on any atom is 0.343 e. The summed E-state index contributed by atoms with van der Waals surface area (Å²) >= 11 is 0. The molecular weight excluding hydrogens is 380 g/mol. The van der Waals surface area contributed by atoms with Gasteiger partial charge in [0.2, 0.25) is 0 Å². The number of carbonyl (C=O) groups is 2. The van der Waals surface area contributed by atoms with Crippen LogP contribution in [0.3, 0.4) is 0 Å². The molecule has 5 heteroatoms. The molecular formula is C25H30O5. The largest absolute Gasteiger partial charge is 0.494 e. The van der Waals surface area contributed by atoms with Crippen LogP contribution in [-0.4, -0.2) is 25.2 Å². The molecule has 30 heavy (non-hydrogen) atoms. The zero-order chi connectivity index (χ0) is 21.6. The number of benzene rings is 2. The zero-order valence-corrected chi connectivity index (χ0v) is 17.6. The molecule has 0 amide bonds. The van der Waals surface area contributed by atoms with Crippen LogP contribution in [-0.2, 0) is 16.0 Å². The summed E-state index contributed by atoms with van der Waals surface area (Å²) in [6.45, 7) is 6.51. The van der Waals surface area contributed by atoms with Crippen molar-refractivity contribution in [2.24, 2.45) is 0 Å². The van der Waals surface area contributed by atoms with Crippen LogP contribution in [0.1, 0.15) is 54.9 Å². The molecule has 0 atom stereocenters. The van der Waals surface area contributed by atoms with E-state index < -0.39 is 0 Å². The van der Waals surface area contributed by atoms with Crippen molar-refractivity contribution in [2.45, 2.75) is 45.4 Å². The van der Waals surface area contributed by atoms with E-state index in [0.29, 0.717) is 24.5 Å². The van der Waals surface area contributed by atoms with E-state index in [-0.39, 0.29) is 11.9 Å². The van der Waals surface area contributed by atoms with Crippen LogP contribution in [0.4, 0.5) is 0 Å².